The van der Waals surface area contributed by atoms with Gasteiger partial charge in [-0.1, -0.05) is 279 Å². The van der Waals surface area contributed by atoms with Crippen molar-refractivity contribution in [3.8, 4) is 0 Å². The van der Waals surface area contributed by atoms with Crippen LogP contribution in [-0.4, -0.2) is 0 Å². The zero-order valence-corrected chi connectivity index (χ0v) is 41.0. The Kier molecular flexibility index (Phi) is 35.2. The van der Waals surface area contributed by atoms with E-state index >= 15 is 0 Å². The third kappa shape index (κ3) is 23.1. The van der Waals surface area contributed by atoms with Crippen molar-refractivity contribution in [2.75, 3.05) is 0 Å². The van der Waals surface area contributed by atoms with Crippen LogP contribution in [0.5, 0.6) is 0 Å². The molecule has 57 heavy (non-hydrogen) atoms. The summed E-state index contributed by atoms with van der Waals surface area (Å²) >= 11 is 0. The van der Waals surface area contributed by atoms with Crippen molar-refractivity contribution in [3.05, 3.63) is 0 Å². The lowest BCUT2D eigenvalue weighted by molar-refractivity contribution is -0.112. The Morgan fingerprint density at radius 3 is 0.649 bits per heavy atom. The molecule has 0 aliphatic heterocycles. The fourth-order valence-electron chi connectivity index (χ4n) is 13.1. The van der Waals surface area contributed by atoms with Crippen molar-refractivity contribution in [2.45, 2.75) is 318 Å². The minimum atomic E-state index is 1.03. The predicted octanol–water partition coefficient (Wildman–Crippen LogP) is 20.8. The van der Waals surface area contributed by atoms with Crippen LogP contribution < -0.4 is 0 Å². The first-order valence-electron chi connectivity index (χ1n) is 28.2. The van der Waals surface area contributed by atoms with E-state index in [-0.39, 0.29) is 0 Å². The third-order valence-corrected chi connectivity index (χ3v) is 16.3. The molecular weight excluding hydrogens is 685 g/mol. The summed E-state index contributed by atoms with van der Waals surface area (Å²) in [5.41, 5.74) is 0. The molecule has 2 aliphatic carbocycles. The highest BCUT2D eigenvalue weighted by Crippen LogP contribution is 2.61. The number of fused-ring (bicyclic) bond motifs is 1. The van der Waals surface area contributed by atoms with E-state index in [2.05, 4.69) is 41.5 Å². The second-order valence-corrected chi connectivity index (χ2v) is 20.9. The van der Waals surface area contributed by atoms with E-state index in [1.54, 1.807) is 70.6 Å². The van der Waals surface area contributed by atoms with Crippen LogP contribution in [0.25, 0.3) is 0 Å². The molecule has 0 bridgehead atoms. The van der Waals surface area contributed by atoms with Gasteiger partial charge in [0.2, 0.25) is 0 Å². The Hall–Kier alpha value is 0. The first kappa shape index (κ1) is 53.1. The maximum atomic E-state index is 2.41. The lowest BCUT2D eigenvalue weighted by Gasteiger charge is -2.60. The lowest BCUT2D eigenvalue weighted by atomic mass is 9.45. The molecule has 0 nitrogen and oxygen atoms in total. The highest BCUT2D eigenvalue weighted by Gasteiger charge is 2.54. The van der Waals surface area contributed by atoms with Crippen molar-refractivity contribution < 1.29 is 0 Å². The van der Waals surface area contributed by atoms with E-state index in [1.165, 1.54) is 205 Å². The van der Waals surface area contributed by atoms with Crippen molar-refractivity contribution >= 4 is 0 Å². The topological polar surface area (TPSA) is 0 Å². The number of hydrogen-bond acceptors (Lipinski definition) is 0. The summed E-state index contributed by atoms with van der Waals surface area (Å²) in [4.78, 5) is 0. The predicted molar refractivity (Wildman–Crippen MR) is 260 cm³/mol. The van der Waals surface area contributed by atoms with Gasteiger partial charge in [-0.05, 0) is 85.9 Å². The SMILES string of the molecule is CCCCCCCCCC1C(CCCCCCCC)C(CCCCCCC)C2C(CCCCCCC)CCC(CCCCCCCC)C2C1CCCCCCCC. The Morgan fingerprint density at radius 1 is 0.211 bits per heavy atom. The summed E-state index contributed by atoms with van der Waals surface area (Å²) in [6.45, 7) is 14.4. The summed E-state index contributed by atoms with van der Waals surface area (Å²) < 4.78 is 0. The van der Waals surface area contributed by atoms with Crippen molar-refractivity contribution in [3.63, 3.8) is 0 Å². The molecule has 0 heterocycles. The first-order valence-corrected chi connectivity index (χ1v) is 28.2. The van der Waals surface area contributed by atoms with Gasteiger partial charge < -0.3 is 0 Å². The number of rotatable bonds is 41. The Bertz CT molecular complexity index is 813. The molecule has 0 aromatic rings. The fraction of sp³-hybridized carbons (Fsp3) is 1.00. The molecule has 8 unspecified atom stereocenters. The molecule has 0 amide bonds. The van der Waals surface area contributed by atoms with E-state index < -0.39 is 0 Å². The summed E-state index contributed by atoms with van der Waals surface area (Å²) in [6, 6.07) is 0. The molecule has 0 saturated heterocycles. The number of hydrogen-bond donors (Lipinski definition) is 0. The van der Waals surface area contributed by atoms with Gasteiger partial charge in [0, 0.05) is 0 Å². The summed E-state index contributed by atoms with van der Waals surface area (Å²) in [5.74, 6) is 8.33. The van der Waals surface area contributed by atoms with Gasteiger partial charge in [-0.3, -0.25) is 0 Å². The maximum Gasteiger partial charge on any atom is -0.0321 e. The van der Waals surface area contributed by atoms with Gasteiger partial charge in [-0.15, -0.1) is 0 Å². The highest BCUT2D eigenvalue weighted by atomic mass is 14.6. The van der Waals surface area contributed by atoms with Gasteiger partial charge in [0.1, 0.15) is 0 Å². The van der Waals surface area contributed by atoms with Crippen molar-refractivity contribution in [1.82, 2.24) is 0 Å². The van der Waals surface area contributed by atoms with E-state index in [9.17, 15) is 0 Å². The molecule has 0 aromatic carbocycles. The molecule has 340 valence electrons. The van der Waals surface area contributed by atoms with Crippen molar-refractivity contribution in [2.24, 2.45) is 47.3 Å². The molecule has 0 N–H and O–H groups in total. The van der Waals surface area contributed by atoms with Crippen LogP contribution in [0.15, 0.2) is 0 Å². The average molecular weight is 798 g/mol. The first-order chi connectivity index (χ1) is 28.2. The lowest BCUT2D eigenvalue weighted by Crippen LogP contribution is -2.53. The molecule has 2 aliphatic rings. The molecule has 0 aromatic heterocycles. The van der Waals surface area contributed by atoms with Crippen LogP contribution in [0.3, 0.4) is 0 Å². The normalized spacial score (nSPS) is 24.9. The Balaban J connectivity index is 2.53. The average Bonchev–Trinajstić information content (AvgIpc) is 3.22. The standard InChI is InChI=1S/C57H112/c1-7-13-19-25-29-35-39-45-53-52(44-38-33-27-21-15-9-3)54(46-40-31-24-18-12-6)56-50(42-36-30-23-17-11-5)48-49-51(43-37-32-26-20-14-8-2)57(56)55(53)47-41-34-28-22-16-10-4/h50-57H,7-49H2,1-6H3. The van der Waals surface area contributed by atoms with Crippen LogP contribution in [0.1, 0.15) is 318 Å². The minimum Gasteiger partial charge on any atom is -0.0654 e. The molecule has 0 spiro atoms. The van der Waals surface area contributed by atoms with Crippen LogP contribution in [0.2, 0.25) is 0 Å². The van der Waals surface area contributed by atoms with Crippen molar-refractivity contribution in [1.29, 1.82) is 0 Å². The highest BCUT2D eigenvalue weighted by molar-refractivity contribution is 5.03. The zero-order chi connectivity index (χ0) is 41.0. The smallest absolute Gasteiger partial charge is 0.0321 e. The molecule has 0 heteroatoms. The van der Waals surface area contributed by atoms with Gasteiger partial charge >= 0.3 is 0 Å². The quantitative estimate of drug-likeness (QED) is 0.0541. The van der Waals surface area contributed by atoms with E-state index in [1.807, 2.05) is 0 Å². The maximum absolute atomic E-state index is 2.41. The summed E-state index contributed by atoms with van der Waals surface area (Å²) in [6.07, 6.45) is 64.5. The van der Waals surface area contributed by atoms with Gasteiger partial charge in [0.05, 0.1) is 0 Å². The molecule has 2 rings (SSSR count). The van der Waals surface area contributed by atoms with Gasteiger partial charge in [-0.2, -0.15) is 0 Å². The van der Waals surface area contributed by atoms with Crippen LogP contribution in [0, 0.1) is 47.3 Å². The van der Waals surface area contributed by atoms with E-state index in [4.69, 9.17) is 0 Å². The van der Waals surface area contributed by atoms with Gasteiger partial charge in [0.15, 0.2) is 0 Å². The van der Waals surface area contributed by atoms with Gasteiger partial charge in [0.25, 0.3) is 0 Å². The van der Waals surface area contributed by atoms with Crippen LogP contribution in [-0.2, 0) is 0 Å². The molecule has 2 saturated carbocycles. The summed E-state index contributed by atoms with van der Waals surface area (Å²) in [7, 11) is 0. The Morgan fingerprint density at radius 2 is 0.404 bits per heavy atom. The molecular formula is C57H112. The van der Waals surface area contributed by atoms with E-state index in [0.29, 0.717) is 0 Å². The molecule has 8 atom stereocenters. The second kappa shape index (κ2) is 37.7. The largest absolute Gasteiger partial charge is 0.0654 e. The van der Waals surface area contributed by atoms with E-state index in [0.717, 1.165) is 47.3 Å². The molecule has 0 radical (unpaired) electrons. The Labute approximate surface area is 363 Å². The van der Waals surface area contributed by atoms with Crippen LogP contribution >= 0.6 is 0 Å². The third-order valence-electron chi connectivity index (χ3n) is 16.3. The molecule has 2 fully saturated rings. The monoisotopic (exact) mass is 797 g/mol. The van der Waals surface area contributed by atoms with Crippen LogP contribution in [0.4, 0.5) is 0 Å². The van der Waals surface area contributed by atoms with Gasteiger partial charge in [-0.25, -0.2) is 0 Å². The number of unbranched alkanes of at least 4 members (excludes halogenated alkanes) is 29. The minimum absolute atomic E-state index is 1.03. The second-order valence-electron chi connectivity index (χ2n) is 20.9. The fourth-order valence-corrected chi connectivity index (χ4v) is 13.1. The summed E-state index contributed by atoms with van der Waals surface area (Å²) in [5, 5.41) is 0. The zero-order valence-electron chi connectivity index (χ0n) is 41.0.